The molecule has 3 heterocycles. The maximum atomic E-state index is 12.6. The van der Waals surface area contributed by atoms with E-state index in [0.717, 1.165) is 50.5 Å². The Kier molecular flexibility index (Phi) is 12.0. The fourth-order valence-corrected chi connectivity index (χ4v) is 6.84. The van der Waals surface area contributed by atoms with E-state index in [1.54, 1.807) is 24.3 Å². The lowest BCUT2D eigenvalue weighted by Crippen LogP contribution is -2.46. The van der Waals surface area contributed by atoms with E-state index in [9.17, 15) is 18.3 Å². The van der Waals surface area contributed by atoms with Crippen molar-refractivity contribution >= 4 is 103 Å². The number of aromatic nitrogens is 1. The zero-order valence-electron chi connectivity index (χ0n) is 18.6. The number of anilines is 2. The van der Waals surface area contributed by atoms with E-state index >= 15 is 0 Å². The molecule has 0 unspecified atom stereocenters. The first-order valence-corrected chi connectivity index (χ1v) is 13.3. The first kappa shape index (κ1) is 31.7. The summed E-state index contributed by atoms with van der Waals surface area (Å²) in [5.41, 5.74) is 0.894. The Morgan fingerprint density at radius 2 is 1.80 bits per heavy atom. The summed E-state index contributed by atoms with van der Waals surface area (Å²) in [6, 6.07) is 9.53. The summed E-state index contributed by atoms with van der Waals surface area (Å²) in [5, 5.41) is 10.2. The van der Waals surface area contributed by atoms with Crippen LogP contribution in [0.3, 0.4) is 0 Å². The van der Waals surface area contributed by atoms with Gasteiger partial charge in [-0.15, -0.1) is 48.6 Å². The monoisotopic (exact) mass is 646 g/mol. The molecule has 1 aliphatic rings. The predicted octanol–water partition coefficient (Wildman–Crippen LogP) is 5.36. The summed E-state index contributed by atoms with van der Waals surface area (Å²) in [4.78, 5) is 21.2. The second kappa shape index (κ2) is 13.3. The largest absolute Gasteiger partial charge is 0.478 e. The number of nitrogens with zero attached hydrogens (tertiary/aromatic N) is 3. The molecule has 194 valence electrons. The summed E-state index contributed by atoms with van der Waals surface area (Å²) in [5.74, 6) is -0.451. The van der Waals surface area contributed by atoms with Crippen LogP contribution in [-0.2, 0) is 10.0 Å². The van der Waals surface area contributed by atoms with Gasteiger partial charge in [-0.2, -0.15) is 0 Å². The number of aromatic carboxylic acids is 1. The minimum Gasteiger partial charge on any atom is -0.478 e. The number of thiophene rings is 1. The molecule has 1 aromatic carbocycles. The van der Waals surface area contributed by atoms with Gasteiger partial charge in [-0.05, 0) is 65.3 Å². The standard InChI is InChI=1S/C21H23BrN4O4S2.3ClH/c1-2-7-25-8-10-26(11-9-25)19-13-16(21(27)28)15-12-14(3-4-17(15)23-19)24-32(29,30)20-6-5-18(22)31-20;;;/h3-6,12-13,24H,2,7-11H2,1H3,(H,27,28);3*1H. The number of carbonyl (C=O) groups is 1. The minimum atomic E-state index is -3.77. The Labute approximate surface area is 235 Å². The number of rotatable bonds is 7. The van der Waals surface area contributed by atoms with Crippen molar-refractivity contribution in [1.82, 2.24) is 9.88 Å². The van der Waals surface area contributed by atoms with Crippen LogP contribution in [0.1, 0.15) is 23.7 Å². The van der Waals surface area contributed by atoms with Gasteiger partial charge in [0.2, 0.25) is 0 Å². The SMILES string of the molecule is CCCN1CCN(c2cc(C(=O)O)c3cc(NS(=O)(=O)c4ccc(Br)s4)ccc3n2)CC1.Cl.Cl.Cl. The maximum Gasteiger partial charge on any atom is 0.336 e. The molecule has 1 fully saturated rings. The van der Waals surface area contributed by atoms with Crippen LogP contribution in [0, 0.1) is 0 Å². The van der Waals surface area contributed by atoms with Gasteiger partial charge in [0, 0.05) is 37.3 Å². The number of benzene rings is 1. The second-order valence-electron chi connectivity index (χ2n) is 7.56. The normalized spacial score (nSPS) is 13.9. The average Bonchev–Trinajstić information content (AvgIpc) is 3.21. The molecule has 3 aromatic rings. The average molecular weight is 649 g/mol. The van der Waals surface area contributed by atoms with E-state index in [-0.39, 0.29) is 52.7 Å². The summed E-state index contributed by atoms with van der Waals surface area (Å²) in [6.07, 6.45) is 1.10. The van der Waals surface area contributed by atoms with Crippen LogP contribution in [0.5, 0.6) is 0 Å². The van der Waals surface area contributed by atoms with Crippen molar-refractivity contribution in [3.05, 3.63) is 45.7 Å². The molecular formula is C21H26BrCl3N4O4S2. The Morgan fingerprint density at radius 1 is 1.11 bits per heavy atom. The van der Waals surface area contributed by atoms with Gasteiger partial charge < -0.3 is 10.0 Å². The molecule has 2 aromatic heterocycles. The van der Waals surface area contributed by atoms with Gasteiger partial charge in [-0.1, -0.05) is 6.92 Å². The first-order chi connectivity index (χ1) is 15.3. The second-order valence-corrected chi connectivity index (χ2v) is 11.9. The highest BCUT2D eigenvalue weighted by Gasteiger charge is 2.22. The number of halogens is 4. The number of pyridine rings is 1. The first-order valence-electron chi connectivity index (χ1n) is 10.2. The maximum absolute atomic E-state index is 12.6. The van der Waals surface area contributed by atoms with Crippen LogP contribution in [0.25, 0.3) is 10.9 Å². The van der Waals surface area contributed by atoms with E-state index in [4.69, 9.17) is 0 Å². The highest BCUT2D eigenvalue weighted by Crippen LogP contribution is 2.30. The van der Waals surface area contributed by atoms with Crippen molar-refractivity contribution < 1.29 is 18.3 Å². The van der Waals surface area contributed by atoms with Crippen molar-refractivity contribution in [3.63, 3.8) is 0 Å². The molecule has 0 atom stereocenters. The molecule has 14 heteroatoms. The zero-order valence-corrected chi connectivity index (χ0v) is 24.3. The number of nitrogens with one attached hydrogen (secondary N) is 1. The molecule has 0 saturated carbocycles. The lowest BCUT2D eigenvalue weighted by Gasteiger charge is -2.35. The predicted molar refractivity (Wildman–Crippen MR) is 152 cm³/mol. The van der Waals surface area contributed by atoms with E-state index in [2.05, 4.69) is 42.4 Å². The van der Waals surface area contributed by atoms with Gasteiger partial charge in [0.25, 0.3) is 10.0 Å². The highest BCUT2D eigenvalue weighted by molar-refractivity contribution is 9.11. The Morgan fingerprint density at radius 3 is 2.37 bits per heavy atom. The smallest absolute Gasteiger partial charge is 0.336 e. The molecule has 0 bridgehead atoms. The van der Waals surface area contributed by atoms with Crippen molar-refractivity contribution in [2.24, 2.45) is 0 Å². The number of hydrogen-bond donors (Lipinski definition) is 2. The van der Waals surface area contributed by atoms with Crippen LogP contribution in [0.2, 0.25) is 0 Å². The van der Waals surface area contributed by atoms with Gasteiger partial charge in [-0.25, -0.2) is 18.2 Å². The minimum absolute atomic E-state index is 0. The molecule has 4 rings (SSSR count). The lowest BCUT2D eigenvalue weighted by atomic mass is 10.1. The number of piperazine rings is 1. The number of carboxylic acid groups (broad SMARTS) is 1. The fraction of sp³-hybridized carbons (Fsp3) is 0.333. The van der Waals surface area contributed by atoms with Crippen molar-refractivity contribution in [3.8, 4) is 0 Å². The molecule has 1 aliphatic heterocycles. The molecule has 0 aliphatic carbocycles. The van der Waals surface area contributed by atoms with E-state index in [1.807, 2.05) is 0 Å². The Balaban J connectivity index is 0.00000204. The van der Waals surface area contributed by atoms with E-state index < -0.39 is 16.0 Å². The van der Waals surface area contributed by atoms with Crippen LogP contribution in [0.4, 0.5) is 11.5 Å². The molecule has 0 amide bonds. The third-order valence-corrected chi connectivity index (χ3v) is 8.82. The Hall–Kier alpha value is -1.34. The molecule has 35 heavy (non-hydrogen) atoms. The number of fused-ring (bicyclic) bond motifs is 1. The Bertz CT molecular complexity index is 1270. The number of hydrogen-bond acceptors (Lipinski definition) is 7. The van der Waals surface area contributed by atoms with Crippen LogP contribution in [-0.4, -0.2) is 62.1 Å². The van der Waals surface area contributed by atoms with Crippen LogP contribution < -0.4 is 9.62 Å². The third kappa shape index (κ3) is 7.34. The molecule has 8 nitrogen and oxygen atoms in total. The van der Waals surface area contributed by atoms with Gasteiger partial charge >= 0.3 is 5.97 Å². The summed E-state index contributed by atoms with van der Waals surface area (Å²) >= 11 is 4.36. The number of sulfonamides is 1. The van der Waals surface area contributed by atoms with Gasteiger partial charge in [-0.3, -0.25) is 9.62 Å². The van der Waals surface area contributed by atoms with Crippen molar-refractivity contribution in [1.29, 1.82) is 0 Å². The van der Waals surface area contributed by atoms with Gasteiger partial charge in [0.1, 0.15) is 10.0 Å². The lowest BCUT2D eigenvalue weighted by molar-refractivity contribution is 0.0699. The van der Waals surface area contributed by atoms with E-state index in [0.29, 0.717) is 20.5 Å². The van der Waals surface area contributed by atoms with Crippen molar-refractivity contribution in [2.45, 2.75) is 17.6 Å². The van der Waals surface area contributed by atoms with Crippen molar-refractivity contribution in [2.75, 3.05) is 42.3 Å². The molecule has 0 radical (unpaired) electrons. The van der Waals surface area contributed by atoms with Crippen LogP contribution >= 0.6 is 64.5 Å². The quantitative estimate of drug-likeness (QED) is 0.356. The summed E-state index contributed by atoms with van der Waals surface area (Å²) < 4.78 is 28.7. The van der Waals surface area contributed by atoms with E-state index in [1.165, 1.54) is 12.1 Å². The van der Waals surface area contributed by atoms with Gasteiger partial charge in [0.15, 0.2) is 0 Å². The summed E-state index contributed by atoms with van der Waals surface area (Å²) in [7, 11) is -3.77. The molecular weight excluding hydrogens is 623 g/mol. The highest BCUT2D eigenvalue weighted by atomic mass is 79.9. The number of carboxylic acids is 1. The zero-order chi connectivity index (χ0) is 22.9. The van der Waals surface area contributed by atoms with Crippen LogP contribution in [0.15, 0.2) is 44.4 Å². The topological polar surface area (TPSA) is 103 Å². The van der Waals surface area contributed by atoms with Gasteiger partial charge in [0.05, 0.1) is 14.9 Å². The molecule has 2 N–H and O–H groups in total. The molecule has 1 saturated heterocycles. The summed E-state index contributed by atoms with van der Waals surface area (Å²) in [6.45, 7) is 6.60. The molecule has 0 spiro atoms. The fourth-order valence-electron chi connectivity index (χ4n) is 3.78. The third-order valence-electron chi connectivity index (χ3n) is 5.33.